The van der Waals surface area contributed by atoms with E-state index in [-0.39, 0.29) is 36.9 Å². The van der Waals surface area contributed by atoms with E-state index < -0.39 is 41.5 Å². The number of methoxy groups -OCH3 is 3. The van der Waals surface area contributed by atoms with Crippen molar-refractivity contribution < 1.29 is 43.2 Å². The predicted molar refractivity (Wildman–Crippen MR) is 162 cm³/mol. The highest BCUT2D eigenvalue weighted by Gasteiger charge is 2.52. The highest BCUT2D eigenvalue weighted by Crippen LogP contribution is 2.36. The number of nitrogens with zero attached hydrogens (tertiary/aromatic N) is 1. The number of ketones is 2. The van der Waals surface area contributed by atoms with Gasteiger partial charge in [-0.2, -0.15) is 0 Å². The van der Waals surface area contributed by atoms with Gasteiger partial charge in [0.2, 0.25) is 5.79 Å². The molecule has 0 bridgehead atoms. The zero-order chi connectivity index (χ0) is 32.2. The first kappa shape index (κ1) is 36.5. The van der Waals surface area contributed by atoms with Gasteiger partial charge in [0.1, 0.15) is 12.6 Å². The van der Waals surface area contributed by atoms with Gasteiger partial charge in [-0.1, -0.05) is 51.2 Å². The molecular formula is C33H51NO9. The lowest BCUT2D eigenvalue weighted by molar-refractivity contribution is -0.265. The van der Waals surface area contributed by atoms with E-state index in [0.717, 1.165) is 18.4 Å². The molecule has 43 heavy (non-hydrogen) atoms. The lowest BCUT2D eigenvalue weighted by Gasteiger charge is -2.42. The third-order valence-corrected chi connectivity index (χ3v) is 8.54. The molecule has 7 atom stereocenters. The minimum absolute atomic E-state index is 0.0641. The summed E-state index contributed by atoms with van der Waals surface area (Å²) in [5, 5.41) is 11.4. The van der Waals surface area contributed by atoms with Gasteiger partial charge < -0.3 is 29.0 Å². The van der Waals surface area contributed by atoms with E-state index >= 15 is 0 Å². The van der Waals surface area contributed by atoms with Gasteiger partial charge in [-0.15, -0.1) is 0 Å². The van der Waals surface area contributed by atoms with Crippen molar-refractivity contribution in [3.63, 3.8) is 0 Å². The minimum atomic E-state index is -2.29. The second-order valence-corrected chi connectivity index (χ2v) is 11.9. The number of rotatable bonds is 15. The van der Waals surface area contributed by atoms with Crippen molar-refractivity contribution in [2.45, 2.75) is 96.7 Å². The first-order valence-corrected chi connectivity index (χ1v) is 15.3. The maximum absolute atomic E-state index is 13.4. The van der Waals surface area contributed by atoms with Crippen LogP contribution >= 0.6 is 0 Å². The smallest absolute Gasteiger partial charge is 0.328 e. The lowest BCUT2D eigenvalue weighted by atomic mass is 9.85. The molecule has 2 rings (SSSR count). The molecule has 0 aromatic carbocycles. The summed E-state index contributed by atoms with van der Waals surface area (Å²) in [4.78, 5) is 52.1. The quantitative estimate of drug-likeness (QED) is 0.168. The Labute approximate surface area is 256 Å². The van der Waals surface area contributed by atoms with E-state index in [1.807, 2.05) is 38.2 Å². The van der Waals surface area contributed by atoms with E-state index in [1.165, 1.54) is 19.1 Å². The number of ether oxygens (including phenoxy) is 4. The van der Waals surface area contributed by atoms with Crippen LogP contribution in [-0.2, 0) is 38.1 Å². The Kier molecular flexibility index (Phi) is 14.9. The second kappa shape index (κ2) is 17.6. The number of aliphatic hydroxyl groups is 1. The predicted octanol–water partition coefficient (Wildman–Crippen LogP) is 3.95. The van der Waals surface area contributed by atoms with E-state index in [2.05, 4.69) is 13.0 Å². The molecule has 0 aliphatic carbocycles. The van der Waals surface area contributed by atoms with Crippen LogP contribution in [0.4, 0.5) is 0 Å². The molecular weight excluding hydrogens is 554 g/mol. The van der Waals surface area contributed by atoms with Gasteiger partial charge in [0.05, 0.1) is 19.3 Å². The SMILES string of the molecule is COCC(=O)[C@H](C)C[C@H](C)/C=C/C=C/C=C(\C)[C@H](C[C@@H]1CC[C@@H](C)[C@](O)(C(=O)C(=O)N2CCCCC2C(=O)OC)O1)OC. The highest BCUT2D eigenvalue weighted by atomic mass is 16.6. The van der Waals surface area contributed by atoms with Gasteiger partial charge in [-0.3, -0.25) is 14.4 Å². The van der Waals surface area contributed by atoms with Crippen molar-refractivity contribution in [2.75, 3.05) is 34.5 Å². The van der Waals surface area contributed by atoms with Gasteiger partial charge in [0, 0.05) is 39.0 Å². The van der Waals surface area contributed by atoms with Crippen LogP contribution in [0.3, 0.4) is 0 Å². The molecule has 2 heterocycles. The highest BCUT2D eigenvalue weighted by molar-refractivity contribution is 6.39. The van der Waals surface area contributed by atoms with Crippen LogP contribution in [0.5, 0.6) is 0 Å². The fourth-order valence-corrected chi connectivity index (χ4v) is 5.73. The molecule has 0 saturated carbocycles. The van der Waals surface area contributed by atoms with E-state index in [4.69, 9.17) is 18.9 Å². The first-order chi connectivity index (χ1) is 20.4. The van der Waals surface area contributed by atoms with Crippen LogP contribution in [0.2, 0.25) is 0 Å². The fraction of sp³-hybridized carbons (Fsp3) is 0.697. The number of hydrogen-bond acceptors (Lipinski definition) is 9. The average molecular weight is 606 g/mol. The van der Waals surface area contributed by atoms with Crippen molar-refractivity contribution in [1.29, 1.82) is 0 Å². The molecule has 2 fully saturated rings. The summed E-state index contributed by atoms with van der Waals surface area (Å²) >= 11 is 0. The molecule has 2 aliphatic heterocycles. The van der Waals surface area contributed by atoms with E-state index in [9.17, 15) is 24.3 Å². The molecule has 1 amide bonds. The third-order valence-electron chi connectivity index (χ3n) is 8.54. The van der Waals surface area contributed by atoms with Crippen LogP contribution < -0.4 is 0 Å². The molecule has 0 spiro atoms. The van der Waals surface area contributed by atoms with Crippen molar-refractivity contribution in [2.24, 2.45) is 17.8 Å². The van der Waals surface area contributed by atoms with Gasteiger partial charge in [0.15, 0.2) is 5.78 Å². The molecule has 0 aromatic heterocycles. The Balaban J connectivity index is 2.02. The number of carbonyl (C=O) groups is 4. The number of carbonyl (C=O) groups excluding carboxylic acids is 4. The third kappa shape index (κ3) is 10.2. The van der Waals surface area contributed by atoms with Crippen LogP contribution in [0.25, 0.3) is 0 Å². The summed E-state index contributed by atoms with van der Waals surface area (Å²) in [5.41, 5.74) is 0.932. The molecule has 0 radical (unpaired) electrons. The normalized spacial score (nSPS) is 27.2. The molecule has 1 N–H and O–H groups in total. The molecule has 0 aromatic rings. The standard InChI is InChI=1S/C33H51NO9/c1-22(19-24(3)28(35)21-40-5)13-9-8-10-14-23(2)29(41-6)20-26-17-16-25(4)33(39,43-26)30(36)31(37)34-18-12-11-15-27(34)32(38)42-7/h8-10,13-14,22,24-27,29,39H,11-12,15-21H2,1-7H3/b10-8+,13-9+,23-14+/t22-,24-,25-,26+,27?,29+,33-/m1/s1. The summed E-state index contributed by atoms with van der Waals surface area (Å²) in [5.74, 6) is -5.17. The fourth-order valence-electron chi connectivity index (χ4n) is 5.73. The van der Waals surface area contributed by atoms with Crippen LogP contribution in [-0.4, -0.2) is 92.0 Å². The minimum Gasteiger partial charge on any atom is -0.467 e. The molecule has 10 nitrogen and oxygen atoms in total. The summed E-state index contributed by atoms with van der Waals surface area (Å²) in [6.07, 6.45) is 12.9. The number of esters is 1. The van der Waals surface area contributed by atoms with Crippen LogP contribution in [0.15, 0.2) is 36.0 Å². The van der Waals surface area contributed by atoms with Crippen molar-refractivity contribution in [1.82, 2.24) is 4.90 Å². The maximum Gasteiger partial charge on any atom is 0.328 e. The topological polar surface area (TPSA) is 129 Å². The monoisotopic (exact) mass is 605 g/mol. The lowest BCUT2D eigenvalue weighted by Crippen LogP contribution is -2.60. The van der Waals surface area contributed by atoms with Gasteiger partial charge in [-0.05, 0) is 56.9 Å². The zero-order valence-corrected chi connectivity index (χ0v) is 26.9. The molecule has 10 heteroatoms. The Hall–Kier alpha value is -2.66. The number of hydrogen-bond donors (Lipinski definition) is 1. The molecule has 1 unspecified atom stereocenters. The Morgan fingerprint density at radius 3 is 2.42 bits per heavy atom. The van der Waals surface area contributed by atoms with Crippen LogP contribution in [0, 0.1) is 17.8 Å². The molecule has 2 saturated heterocycles. The Bertz CT molecular complexity index is 1050. The van der Waals surface area contributed by atoms with Crippen molar-refractivity contribution >= 4 is 23.4 Å². The Morgan fingerprint density at radius 1 is 1.05 bits per heavy atom. The number of likely N-dealkylation sites (tertiary alicyclic amines) is 1. The molecule has 242 valence electrons. The van der Waals surface area contributed by atoms with E-state index in [0.29, 0.717) is 32.1 Å². The van der Waals surface area contributed by atoms with Crippen molar-refractivity contribution in [3.8, 4) is 0 Å². The number of Topliss-reactive ketones (excluding diaryl/α,β-unsaturated/α-hetero) is 2. The van der Waals surface area contributed by atoms with Crippen molar-refractivity contribution in [3.05, 3.63) is 36.0 Å². The number of piperidine rings is 1. The summed E-state index contributed by atoms with van der Waals surface area (Å²) in [6, 6.07) is -0.848. The summed E-state index contributed by atoms with van der Waals surface area (Å²) < 4.78 is 21.5. The number of allylic oxidation sites excluding steroid dienone is 5. The maximum atomic E-state index is 13.4. The Morgan fingerprint density at radius 2 is 1.77 bits per heavy atom. The molecule has 2 aliphatic rings. The largest absolute Gasteiger partial charge is 0.467 e. The van der Waals surface area contributed by atoms with Crippen LogP contribution in [0.1, 0.15) is 72.6 Å². The average Bonchev–Trinajstić information content (AvgIpc) is 3.00. The zero-order valence-electron chi connectivity index (χ0n) is 26.9. The van der Waals surface area contributed by atoms with Gasteiger partial charge >= 0.3 is 5.97 Å². The summed E-state index contributed by atoms with van der Waals surface area (Å²) in [7, 11) is 4.36. The second-order valence-electron chi connectivity index (χ2n) is 11.9. The van der Waals surface area contributed by atoms with Gasteiger partial charge in [0.25, 0.3) is 11.7 Å². The first-order valence-electron chi connectivity index (χ1n) is 15.3. The van der Waals surface area contributed by atoms with E-state index in [1.54, 1.807) is 14.0 Å². The van der Waals surface area contributed by atoms with Gasteiger partial charge in [-0.25, -0.2) is 4.79 Å². The summed E-state index contributed by atoms with van der Waals surface area (Å²) in [6.45, 7) is 7.98. The number of amides is 1.